The minimum Gasteiger partial charge on any atom is -0.379 e. The van der Waals surface area contributed by atoms with Crippen LogP contribution in [0.15, 0.2) is 6.07 Å². The van der Waals surface area contributed by atoms with Gasteiger partial charge in [-0.2, -0.15) is 0 Å². The standard InChI is InChI=1S/C13H23N3O2/c1-4-5-6-17-7-8-18-10-13-15-11(2)9-12(14-3)16-13/h9H,4-8,10H2,1-3H3,(H,14,15,16). The molecule has 1 aromatic heterocycles. The topological polar surface area (TPSA) is 56.3 Å². The first-order valence-corrected chi connectivity index (χ1v) is 6.44. The summed E-state index contributed by atoms with van der Waals surface area (Å²) in [7, 11) is 1.84. The van der Waals surface area contributed by atoms with Crippen molar-refractivity contribution in [3.05, 3.63) is 17.6 Å². The number of ether oxygens (including phenoxy) is 2. The molecule has 1 rings (SSSR count). The molecule has 0 saturated carbocycles. The Morgan fingerprint density at radius 2 is 1.94 bits per heavy atom. The molecule has 5 heteroatoms. The smallest absolute Gasteiger partial charge is 0.156 e. The Morgan fingerprint density at radius 1 is 1.17 bits per heavy atom. The number of nitrogens with one attached hydrogen (secondary N) is 1. The SMILES string of the molecule is CCCCOCCOCc1nc(C)cc(NC)n1. The lowest BCUT2D eigenvalue weighted by Gasteiger charge is -2.07. The van der Waals surface area contributed by atoms with E-state index in [0.29, 0.717) is 25.6 Å². The number of nitrogens with zero attached hydrogens (tertiary/aromatic N) is 2. The quantitative estimate of drug-likeness (QED) is 0.683. The molecular weight excluding hydrogens is 230 g/mol. The van der Waals surface area contributed by atoms with Crippen LogP contribution in [0, 0.1) is 6.92 Å². The zero-order chi connectivity index (χ0) is 13.2. The van der Waals surface area contributed by atoms with Crippen molar-refractivity contribution in [1.82, 2.24) is 9.97 Å². The molecule has 18 heavy (non-hydrogen) atoms. The van der Waals surface area contributed by atoms with Crippen LogP contribution in [0.4, 0.5) is 5.82 Å². The van der Waals surface area contributed by atoms with Crippen LogP contribution in [0.1, 0.15) is 31.3 Å². The molecular formula is C13H23N3O2. The van der Waals surface area contributed by atoms with Crippen LogP contribution in [-0.2, 0) is 16.1 Å². The van der Waals surface area contributed by atoms with Crippen molar-refractivity contribution in [3.8, 4) is 0 Å². The van der Waals surface area contributed by atoms with Crippen LogP contribution in [-0.4, -0.2) is 36.8 Å². The Labute approximate surface area is 109 Å². The first-order valence-electron chi connectivity index (χ1n) is 6.44. The molecule has 0 amide bonds. The fourth-order valence-corrected chi connectivity index (χ4v) is 1.45. The van der Waals surface area contributed by atoms with Gasteiger partial charge in [0.05, 0.1) is 13.2 Å². The van der Waals surface area contributed by atoms with E-state index >= 15 is 0 Å². The highest BCUT2D eigenvalue weighted by molar-refractivity contribution is 5.34. The molecule has 0 radical (unpaired) electrons. The summed E-state index contributed by atoms with van der Waals surface area (Å²) in [4.78, 5) is 8.62. The second-order valence-electron chi connectivity index (χ2n) is 4.08. The van der Waals surface area contributed by atoms with Crippen molar-refractivity contribution in [2.24, 2.45) is 0 Å². The normalized spacial score (nSPS) is 10.6. The van der Waals surface area contributed by atoms with Gasteiger partial charge in [0, 0.05) is 25.4 Å². The van der Waals surface area contributed by atoms with E-state index in [1.165, 1.54) is 0 Å². The average Bonchev–Trinajstić information content (AvgIpc) is 2.37. The highest BCUT2D eigenvalue weighted by Crippen LogP contribution is 2.05. The second-order valence-corrected chi connectivity index (χ2v) is 4.08. The maximum atomic E-state index is 5.48. The molecule has 0 atom stereocenters. The van der Waals surface area contributed by atoms with Gasteiger partial charge in [-0.3, -0.25) is 0 Å². The number of aryl methyl sites for hydroxylation is 1. The average molecular weight is 253 g/mol. The number of hydrogen-bond donors (Lipinski definition) is 1. The second kappa shape index (κ2) is 8.83. The van der Waals surface area contributed by atoms with Crippen molar-refractivity contribution >= 4 is 5.82 Å². The number of unbranched alkanes of at least 4 members (excludes halogenated alkanes) is 1. The molecule has 0 spiro atoms. The molecule has 0 aromatic carbocycles. The van der Waals surface area contributed by atoms with Crippen LogP contribution >= 0.6 is 0 Å². The minimum absolute atomic E-state index is 0.424. The van der Waals surface area contributed by atoms with Crippen molar-refractivity contribution < 1.29 is 9.47 Å². The fourth-order valence-electron chi connectivity index (χ4n) is 1.45. The zero-order valence-corrected chi connectivity index (χ0v) is 11.5. The van der Waals surface area contributed by atoms with Gasteiger partial charge in [0.25, 0.3) is 0 Å². The van der Waals surface area contributed by atoms with Crippen molar-refractivity contribution in [2.45, 2.75) is 33.3 Å². The summed E-state index contributed by atoms with van der Waals surface area (Å²) in [6, 6.07) is 1.90. The summed E-state index contributed by atoms with van der Waals surface area (Å²) >= 11 is 0. The predicted molar refractivity (Wildman–Crippen MR) is 71.7 cm³/mol. The number of aromatic nitrogens is 2. The van der Waals surface area contributed by atoms with Crippen LogP contribution < -0.4 is 5.32 Å². The van der Waals surface area contributed by atoms with Gasteiger partial charge >= 0.3 is 0 Å². The summed E-state index contributed by atoms with van der Waals surface area (Å²) in [5.74, 6) is 1.52. The minimum atomic E-state index is 0.424. The van der Waals surface area contributed by atoms with E-state index in [2.05, 4.69) is 22.2 Å². The molecule has 1 N–H and O–H groups in total. The van der Waals surface area contributed by atoms with E-state index in [9.17, 15) is 0 Å². The lowest BCUT2D eigenvalue weighted by atomic mass is 10.4. The third-order valence-electron chi connectivity index (χ3n) is 2.40. The van der Waals surface area contributed by atoms with Gasteiger partial charge in [-0.15, -0.1) is 0 Å². The van der Waals surface area contributed by atoms with Crippen molar-refractivity contribution in [3.63, 3.8) is 0 Å². The highest BCUT2D eigenvalue weighted by atomic mass is 16.5. The lowest BCUT2D eigenvalue weighted by Crippen LogP contribution is -2.08. The molecule has 0 aliphatic rings. The van der Waals surface area contributed by atoms with E-state index < -0.39 is 0 Å². The van der Waals surface area contributed by atoms with Crippen LogP contribution in [0.2, 0.25) is 0 Å². The summed E-state index contributed by atoms with van der Waals surface area (Å²) in [5.41, 5.74) is 0.937. The highest BCUT2D eigenvalue weighted by Gasteiger charge is 2.01. The number of hydrogen-bond acceptors (Lipinski definition) is 5. The Bertz CT molecular complexity index is 345. The van der Waals surface area contributed by atoms with E-state index in [1.807, 2.05) is 20.0 Å². The first kappa shape index (κ1) is 14.9. The molecule has 0 aliphatic heterocycles. The van der Waals surface area contributed by atoms with Crippen molar-refractivity contribution in [1.29, 1.82) is 0 Å². The van der Waals surface area contributed by atoms with Crippen LogP contribution in [0.3, 0.4) is 0 Å². The molecule has 0 saturated heterocycles. The third kappa shape index (κ3) is 5.93. The predicted octanol–water partition coefficient (Wildman–Crippen LogP) is 2.16. The summed E-state index contributed by atoms with van der Waals surface area (Å²) in [6.45, 7) is 6.53. The summed E-state index contributed by atoms with van der Waals surface area (Å²) in [6.07, 6.45) is 2.26. The fraction of sp³-hybridized carbons (Fsp3) is 0.692. The first-order chi connectivity index (χ1) is 8.76. The summed E-state index contributed by atoms with van der Waals surface area (Å²) < 4.78 is 10.9. The van der Waals surface area contributed by atoms with Gasteiger partial charge in [-0.05, 0) is 13.3 Å². The van der Waals surface area contributed by atoms with E-state index in [4.69, 9.17) is 9.47 Å². The van der Waals surface area contributed by atoms with E-state index in [0.717, 1.165) is 31.0 Å². The Morgan fingerprint density at radius 3 is 2.67 bits per heavy atom. The van der Waals surface area contributed by atoms with E-state index in [1.54, 1.807) is 0 Å². The maximum absolute atomic E-state index is 5.48. The van der Waals surface area contributed by atoms with Gasteiger partial charge in [0.2, 0.25) is 0 Å². The Balaban J connectivity index is 2.20. The third-order valence-corrected chi connectivity index (χ3v) is 2.40. The largest absolute Gasteiger partial charge is 0.379 e. The van der Waals surface area contributed by atoms with Crippen LogP contribution in [0.5, 0.6) is 0 Å². The van der Waals surface area contributed by atoms with Gasteiger partial charge in [-0.1, -0.05) is 13.3 Å². The van der Waals surface area contributed by atoms with Crippen LogP contribution in [0.25, 0.3) is 0 Å². The lowest BCUT2D eigenvalue weighted by molar-refractivity contribution is 0.0374. The zero-order valence-electron chi connectivity index (χ0n) is 11.5. The molecule has 0 bridgehead atoms. The van der Waals surface area contributed by atoms with Gasteiger partial charge < -0.3 is 14.8 Å². The van der Waals surface area contributed by atoms with Gasteiger partial charge in [0.1, 0.15) is 12.4 Å². The molecule has 0 fully saturated rings. The van der Waals surface area contributed by atoms with Crippen molar-refractivity contribution in [2.75, 3.05) is 32.2 Å². The summed E-state index contributed by atoms with van der Waals surface area (Å²) in [5, 5.41) is 3.00. The molecule has 1 aromatic rings. The van der Waals surface area contributed by atoms with Gasteiger partial charge in [-0.25, -0.2) is 9.97 Å². The number of rotatable bonds is 9. The Hall–Kier alpha value is -1.20. The molecule has 0 aliphatic carbocycles. The monoisotopic (exact) mass is 253 g/mol. The van der Waals surface area contributed by atoms with E-state index in [-0.39, 0.29) is 0 Å². The molecule has 0 unspecified atom stereocenters. The number of anilines is 1. The Kier molecular flexibility index (Phi) is 7.29. The molecule has 102 valence electrons. The maximum Gasteiger partial charge on any atom is 0.156 e. The molecule has 5 nitrogen and oxygen atoms in total. The molecule has 1 heterocycles. The van der Waals surface area contributed by atoms with Gasteiger partial charge in [0.15, 0.2) is 5.82 Å².